The van der Waals surface area contributed by atoms with Crippen LogP contribution in [0.25, 0.3) is 11.1 Å². The van der Waals surface area contributed by atoms with Gasteiger partial charge >= 0.3 is 13.9 Å². The molecule has 7 aromatic rings. The van der Waals surface area contributed by atoms with Gasteiger partial charge in [0.15, 0.2) is 29.1 Å². The summed E-state index contributed by atoms with van der Waals surface area (Å²) in [5, 5.41) is 143. The largest absolute Gasteiger partial charge is 0.508 e. The molecule has 780 valence electrons. The minimum Gasteiger partial charge on any atom is -0.508 e. The Kier molecular flexibility index (Phi) is 34.5. The van der Waals surface area contributed by atoms with Crippen molar-refractivity contribution >= 4 is 84.4 Å². The smallest absolute Gasteiger partial charge is 0.417 e. The van der Waals surface area contributed by atoms with Gasteiger partial charge in [-0.15, -0.1) is 14.0 Å². The van der Waals surface area contributed by atoms with Gasteiger partial charge in [0.1, 0.15) is 126 Å². The first-order chi connectivity index (χ1) is 69.7. The Morgan fingerprint density at radius 1 is 0.538 bits per heavy atom. The lowest BCUT2D eigenvalue weighted by Gasteiger charge is -2.41. The molecule has 18 rings (SSSR count). The molecule has 44 heteroatoms. The molecule has 0 unspecified atom stereocenters. The fourth-order valence-electron chi connectivity index (χ4n) is 19.8. The number of carbonyl (C=O) groups excluding carboxylic acids is 9. The zero-order valence-electron chi connectivity index (χ0n) is 80.8. The van der Waals surface area contributed by atoms with Crippen molar-refractivity contribution in [3.05, 3.63) is 164 Å². The van der Waals surface area contributed by atoms with Crippen LogP contribution in [0.2, 0.25) is 10.0 Å². The molecule has 41 nitrogen and oxygen atoms in total. The lowest BCUT2D eigenvalue weighted by Crippen LogP contribution is -2.66. The fraction of sp³-hybridized carbons (Fsp3) is 0.495. The number of aliphatic hydroxyl groups is 7. The van der Waals surface area contributed by atoms with Gasteiger partial charge in [-0.2, -0.15) is 0 Å². The number of likely N-dealkylation sites (N-methyl/N-ethyl adjacent to an activating group) is 1. The van der Waals surface area contributed by atoms with E-state index in [0.29, 0.717) is 70.6 Å². The molecule has 145 heavy (non-hydrogen) atoms. The summed E-state index contributed by atoms with van der Waals surface area (Å²) < 4.78 is 66.2. The Hall–Kier alpha value is -11.6. The summed E-state index contributed by atoms with van der Waals surface area (Å²) in [5.41, 5.74) is -2.15. The molecule has 7 aromatic carbocycles. The molecule has 0 radical (unpaired) electrons. The molecular weight excluding hydrogens is 1950 g/mol. The van der Waals surface area contributed by atoms with Crippen LogP contribution in [0, 0.1) is 0 Å². The number of aliphatic hydroxyl groups excluding tert-OH is 7. The summed E-state index contributed by atoms with van der Waals surface area (Å²) in [6.07, 6.45) is -7.84. The number of amides is 8. The number of carbonyl (C=O) groups is 9. The van der Waals surface area contributed by atoms with E-state index in [0.717, 1.165) is 139 Å². The quantitative estimate of drug-likeness (QED) is 0.0133. The van der Waals surface area contributed by atoms with E-state index in [1.54, 1.807) is 14.1 Å². The number of ether oxygens (including phenoxy) is 8. The van der Waals surface area contributed by atoms with Crippen LogP contribution in [0.4, 0.5) is 0 Å². The number of hydrogen-bond donors (Lipinski definition) is 19. The number of aromatic hydroxyl groups is 3. The summed E-state index contributed by atoms with van der Waals surface area (Å²) in [5.74, 6) is -15.5. The van der Waals surface area contributed by atoms with Crippen molar-refractivity contribution in [1.29, 1.82) is 0 Å². The van der Waals surface area contributed by atoms with Crippen LogP contribution >= 0.6 is 31.1 Å². The minimum absolute atomic E-state index is 0.0701. The average molecular weight is 2070 g/mol. The number of nitrogens with zero attached hydrogens (tertiary/aromatic N) is 4. The normalized spacial score (nSPS) is 26.3. The van der Waals surface area contributed by atoms with Crippen LogP contribution < -0.4 is 76.1 Å². The molecule has 0 saturated carbocycles. The van der Waals surface area contributed by atoms with Crippen LogP contribution in [-0.4, -0.2) is 284 Å². The lowest BCUT2D eigenvalue weighted by atomic mass is 9.89. The number of nitrogens with one attached hydrogen (secondary N) is 9. The zero-order valence-corrected chi connectivity index (χ0v) is 83.2. The monoisotopic (exact) mass is 2070 g/mol. The van der Waals surface area contributed by atoms with E-state index in [1.807, 2.05) is 4.90 Å². The van der Waals surface area contributed by atoms with Crippen LogP contribution in [0.5, 0.6) is 69.0 Å². The predicted octanol–water partition coefficient (Wildman–Crippen LogP) is 7.04. The highest BCUT2D eigenvalue weighted by atomic mass is 35.5. The molecule has 0 aliphatic carbocycles. The van der Waals surface area contributed by atoms with Gasteiger partial charge in [0, 0.05) is 87.5 Å². The Balaban J connectivity index is 0.932. The number of halogens is 2. The Labute approximate surface area is 847 Å². The third-order valence-corrected chi connectivity index (χ3v) is 32.1. The number of benzene rings is 7. The highest BCUT2D eigenvalue weighted by molar-refractivity contribution is 7.64. The Morgan fingerprint density at radius 2 is 1.14 bits per heavy atom. The van der Waals surface area contributed by atoms with E-state index in [9.17, 15) is 60.7 Å². The number of phenolic OH excluding ortho intramolecular Hbond substituents is 3. The summed E-state index contributed by atoms with van der Waals surface area (Å²) >= 11 is 15.5. The standard InChI is InChI=1S/C101H124Cl2N13O28P/c1-6-7-8-9-10-11-12-13-14-22-74(121)107-83-86(124)88(126)91(99(135)136-5)143-100(83)142-90-71-45-56-46-72(90)139-67-32-27-55(43-63(67)102)84(122)82-98(134)111-80(93(129)105-33-21-34-113(3)4)61-47-57(118)48-69(140-101-89(127)87(125)85(123)73(51-117)141-101)75(61)60-42-53(25-30-65(60)119)78(95(131)112-82)108-96(132)79(56)109-97(133)81-62-49-59(50-70(76(62)103)144-145(114-35-15-16-36-114,115-37-17-18-38-115)116-39-19-20-40-116)138-68-44-54(26-31-66(68)120)77(104-2)94(130)106-64(92(128)110-81)41-52-23-28-58(137-71)29-24-52/h23-32,42-50,64,73,77-89,91,100-101,104,117,122-127H,6-22,33-41,51H2,1-5H3,(H10-,105,106,107,108,109,110,111,112,118,119,120,121,128,129,130,131,132,133,134)/p+1/t64-,73-,77+,78-,79-,80+,81+,82+,83-,84-,85-,86-,87+,88+,89+,91+,100-,101+/m1/s1. The van der Waals surface area contributed by atoms with E-state index >= 15 is 33.6 Å². The average Bonchev–Trinajstić information content (AvgIpc) is 1.60. The summed E-state index contributed by atoms with van der Waals surface area (Å²) in [4.78, 5) is 145. The van der Waals surface area contributed by atoms with Gasteiger partial charge in [-0.25, -0.2) is 4.79 Å². The van der Waals surface area contributed by atoms with Crippen LogP contribution in [-0.2, 0) is 63.8 Å². The molecule has 11 aliphatic rings. The zero-order chi connectivity index (χ0) is 103. The molecule has 8 amide bonds. The summed E-state index contributed by atoms with van der Waals surface area (Å²) in [6.45, 7) is 5.21. The molecule has 5 fully saturated rings. The maximum atomic E-state index is 17.4. The molecule has 11 heterocycles. The second kappa shape index (κ2) is 47.1. The topological polar surface area (TPSA) is 560 Å². The van der Waals surface area contributed by atoms with E-state index in [2.05, 4.69) is 68.8 Å². The van der Waals surface area contributed by atoms with Crippen molar-refractivity contribution in [2.45, 2.75) is 232 Å². The fourth-order valence-corrected chi connectivity index (χ4v) is 24.6. The van der Waals surface area contributed by atoms with Gasteiger partial charge in [0.2, 0.25) is 71.3 Å². The van der Waals surface area contributed by atoms with Gasteiger partial charge in [-0.1, -0.05) is 112 Å². The Morgan fingerprint density at radius 3 is 1.79 bits per heavy atom. The van der Waals surface area contributed by atoms with Gasteiger partial charge < -0.3 is 142 Å². The highest BCUT2D eigenvalue weighted by Crippen LogP contribution is 2.71. The number of methoxy groups -OCH3 is 1. The second-order valence-corrected chi connectivity index (χ2v) is 41.7. The molecule has 17 bridgehead atoms. The van der Waals surface area contributed by atoms with Crippen molar-refractivity contribution in [2.75, 3.05) is 87.2 Å². The number of hydrogen-bond acceptors (Lipinski definition) is 33. The second-order valence-electron chi connectivity index (χ2n) is 38.0. The first-order valence-corrected chi connectivity index (χ1v) is 51.5. The predicted molar refractivity (Wildman–Crippen MR) is 525 cm³/mol. The summed E-state index contributed by atoms with van der Waals surface area (Å²) in [6, 6.07) is 7.82. The molecule has 11 aliphatic heterocycles. The maximum absolute atomic E-state index is 17.4. The maximum Gasteiger partial charge on any atom is 0.417 e. The highest BCUT2D eigenvalue weighted by Gasteiger charge is 2.63. The van der Waals surface area contributed by atoms with Gasteiger partial charge in [0.25, 0.3) is 0 Å². The first kappa shape index (κ1) is 106. The summed E-state index contributed by atoms with van der Waals surface area (Å²) in [7, 11) is 2.83. The third kappa shape index (κ3) is 23.5. The van der Waals surface area contributed by atoms with Gasteiger partial charge in [-0.3, -0.25) is 42.9 Å². The lowest BCUT2D eigenvalue weighted by molar-refractivity contribution is -0.277. The Bertz CT molecular complexity index is 5860. The number of phenols is 3. The number of esters is 1. The van der Waals surface area contributed by atoms with Crippen LogP contribution in [0.3, 0.4) is 0 Å². The van der Waals surface area contributed by atoms with Crippen molar-refractivity contribution < 1.29 is 137 Å². The van der Waals surface area contributed by atoms with Crippen molar-refractivity contribution in [3.8, 4) is 80.1 Å². The number of rotatable bonds is 28. The number of fused-ring (bicyclic) bond motifs is 14. The van der Waals surface area contributed by atoms with Gasteiger partial charge in [0.05, 0.1) is 23.8 Å². The molecule has 18 atom stereocenters. The van der Waals surface area contributed by atoms with Crippen molar-refractivity contribution in [1.82, 2.24) is 66.8 Å². The van der Waals surface area contributed by atoms with Gasteiger partial charge in [-0.05, 0) is 185 Å². The third-order valence-electron chi connectivity index (χ3n) is 27.6. The molecule has 0 spiro atoms. The van der Waals surface area contributed by atoms with Crippen molar-refractivity contribution in [2.24, 2.45) is 0 Å². The SMILES string of the molecule is CCCCCCCCCCCC(=O)N[C@H]1[C@H](Oc2c3cc4cc2Oc2ccc(cc2Cl)[C@@H](O)[C@@H]2NC(=O)[C@H](NC(=O)[C@@H]4NC(=O)[C@H]4NC(=O)[C@@H](Cc5ccc(cc5)O3)NC(=O)[C@@H](NC)c3ccc(O)c(c3)Oc3cc(O[P+](N5CCCC5)(N5CCCC5)N5CCCC5)c(Cl)c4c3)c3ccc(O)c(c3)-c3c(O[C@H]4O[C@H](CO)[C@@H](O)[C@H](O)[C@@H]4O)cc(O)cc3[C@@H](C(=O)NCCCN(C)C)NC2=O)O[C@H](C(=O)OC)[C@@H](O)[C@@H]1O. The first-order valence-electron chi connectivity index (χ1n) is 49.2. The van der Waals surface area contributed by atoms with Crippen LogP contribution in [0.15, 0.2) is 115 Å². The number of unbranched alkanes of at least 4 members (excludes halogenated alkanes) is 8. The van der Waals surface area contributed by atoms with E-state index < -0.39 is 245 Å². The van der Waals surface area contributed by atoms with Crippen molar-refractivity contribution in [3.63, 3.8) is 0 Å². The van der Waals surface area contributed by atoms with E-state index in [4.69, 9.17) is 65.6 Å². The molecule has 0 aromatic heterocycles. The molecular formula is C101H125Cl2N13O28P+. The van der Waals surface area contributed by atoms with Crippen LogP contribution in [0.1, 0.15) is 191 Å². The molecule has 5 saturated heterocycles. The minimum atomic E-state index is -3.21. The van der Waals surface area contributed by atoms with E-state index in [-0.39, 0.29) is 75.4 Å². The van der Waals surface area contributed by atoms with E-state index in [1.165, 1.54) is 73.8 Å². The molecule has 19 N–H and O–H groups in total.